The monoisotopic (exact) mass is 597 g/mol. The van der Waals surface area contributed by atoms with Crippen LogP contribution in [0.4, 0.5) is 0 Å². The Kier molecular flexibility index (Phi) is 10.4. The summed E-state index contributed by atoms with van der Waals surface area (Å²) in [5.74, 6) is 4.01. The van der Waals surface area contributed by atoms with Crippen LogP contribution < -0.4 is 0 Å². The van der Waals surface area contributed by atoms with Crippen LogP contribution in [0.3, 0.4) is 0 Å². The summed E-state index contributed by atoms with van der Waals surface area (Å²) in [7, 11) is 0. The van der Waals surface area contributed by atoms with Gasteiger partial charge in [0.1, 0.15) is 0 Å². The third-order valence-electron chi connectivity index (χ3n) is 8.17. The summed E-state index contributed by atoms with van der Waals surface area (Å²) in [4.78, 5) is 0. The Morgan fingerprint density at radius 1 is 0.444 bits per heavy atom. The quantitative estimate of drug-likeness (QED) is 0.143. The summed E-state index contributed by atoms with van der Waals surface area (Å²) >= 11 is 0. The number of benzene rings is 4. The van der Waals surface area contributed by atoms with Gasteiger partial charge >= 0.3 is 0 Å². The number of hydrogen-bond acceptors (Lipinski definition) is 2. The largest absolute Gasteiger partial charge is 0.274 e. The molecule has 0 spiro atoms. The first-order valence-electron chi connectivity index (χ1n) is 16.9. The highest BCUT2D eigenvalue weighted by atomic mass is 15.3. The summed E-state index contributed by atoms with van der Waals surface area (Å²) in [5, 5.41) is 10.0. The maximum absolute atomic E-state index is 5.04. The second-order valence-corrected chi connectivity index (χ2v) is 14.5. The summed E-state index contributed by atoms with van der Waals surface area (Å²) < 4.78 is 2.40. The topological polar surface area (TPSA) is 30.7 Å². The number of para-hydroxylation sites is 1. The van der Waals surface area contributed by atoms with Crippen molar-refractivity contribution in [3.05, 3.63) is 113 Å². The van der Waals surface area contributed by atoms with Crippen molar-refractivity contribution in [1.82, 2.24) is 14.8 Å². The van der Waals surface area contributed by atoms with Gasteiger partial charge < -0.3 is 0 Å². The third-order valence-corrected chi connectivity index (χ3v) is 8.17. The number of aromatic nitrogens is 3. The standard InChI is InChI=1S/C42H51N3/c1-28(2)20-32-24-33(21-29(3)4)26-39(25-32)42-44-43-41(38-19-12-16-35(27-38)34-14-10-9-11-15-34)45(42)40-36(22-30(5)6)17-13-18-37(40)23-31(7)8/h9-19,24-31H,20-23H2,1-8H3. The summed E-state index contributed by atoms with van der Waals surface area (Å²) in [6, 6.07) is 33.4. The number of nitrogens with zero attached hydrogens (tertiary/aromatic N) is 3. The zero-order valence-electron chi connectivity index (χ0n) is 28.6. The van der Waals surface area contributed by atoms with Gasteiger partial charge in [0.25, 0.3) is 0 Å². The molecule has 5 rings (SSSR count). The number of hydrogen-bond donors (Lipinski definition) is 0. The van der Waals surface area contributed by atoms with Crippen LogP contribution in [-0.4, -0.2) is 14.8 Å². The van der Waals surface area contributed by atoms with Crippen molar-refractivity contribution in [1.29, 1.82) is 0 Å². The van der Waals surface area contributed by atoms with E-state index in [1.807, 2.05) is 0 Å². The lowest BCUT2D eigenvalue weighted by atomic mass is 9.92. The highest BCUT2D eigenvalue weighted by molar-refractivity contribution is 5.74. The van der Waals surface area contributed by atoms with Crippen molar-refractivity contribution in [2.24, 2.45) is 23.7 Å². The number of rotatable bonds is 12. The minimum atomic E-state index is 0.523. The van der Waals surface area contributed by atoms with Crippen molar-refractivity contribution in [3.8, 4) is 39.6 Å². The molecule has 0 atom stereocenters. The molecule has 234 valence electrons. The Morgan fingerprint density at radius 2 is 0.911 bits per heavy atom. The Bertz CT molecular complexity index is 1650. The van der Waals surface area contributed by atoms with Gasteiger partial charge in [-0.1, -0.05) is 128 Å². The van der Waals surface area contributed by atoms with E-state index in [0.717, 1.165) is 48.5 Å². The van der Waals surface area contributed by atoms with Gasteiger partial charge in [0.2, 0.25) is 0 Å². The van der Waals surface area contributed by atoms with Crippen molar-refractivity contribution < 1.29 is 0 Å². The summed E-state index contributed by atoms with van der Waals surface area (Å²) in [5.41, 5.74) is 11.3. The normalized spacial score (nSPS) is 11.8. The molecule has 5 aromatic rings. The van der Waals surface area contributed by atoms with E-state index in [1.165, 1.54) is 39.1 Å². The van der Waals surface area contributed by atoms with E-state index in [0.29, 0.717) is 23.7 Å². The van der Waals surface area contributed by atoms with Crippen molar-refractivity contribution in [3.63, 3.8) is 0 Å². The second kappa shape index (κ2) is 14.4. The van der Waals surface area contributed by atoms with E-state index in [-0.39, 0.29) is 0 Å². The predicted octanol–water partition coefficient (Wildman–Crippen LogP) is 11.1. The van der Waals surface area contributed by atoms with Gasteiger partial charge in [-0.05, 0) is 101 Å². The molecule has 45 heavy (non-hydrogen) atoms. The van der Waals surface area contributed by atoms with Gasteiger partial charge in [0, 0.05) is 11.1 Å². The SMILES string of the molecule is CC(C)Cc1cc(CC(C)C)cc(-c2nnc(-c3cccc(-c4ccccc4)c3)n2-c2c(CC(C)C)cccc2CC(C)C)c1. The molecule has 0 aliphatic heterocycles. The molecule has 0 radical (unpaired) electrons. The van der Waals surface area contributed by atoms with E-state index < -0.39 is 0 Å². The van der Waals surface area contributed by atoms with E-state index in [2.05, 4.69) is 151 Å². The van der Waals surface area contributed by atoms with Crippen LogP contribution in [0.2, 0.25) is 0 Å². The molecule has 0 fully saturated rings. The summed E-state index contributed by atoms with van der Waals surface area (Å²) in [6.07, 6.45) is 4.08. The average Bonchev–Trinajstić information content (AvgIpc) is 3.41. The first kappa shape index (κ1) is 32.4. The molecule has 0 aliphatic rings. The Balaban J connectivity index is 1.81. The van der Waals surface area contributed by atoms with Gasteiger partial charge in [-0.2, -0.15) is 0 Å². The lowest BCUT2D eigenvalue weighted by molar-refractivity contribution is 0.631. The van der Waals surface area contributed by atoms with Gasteiger partial charge in [-0.3, -0.25) is 4.57 Å². The molecule has 4 aromatic carbocycles. The minimum Gasteiger partial charge on any atom is -0.274 e. The highest BCUT2D eigenvalue weighted by Crippen LogP contribution is 2.36. The van der Waals surface area contributed by atoms with Crippen molar-refractivity contribution in [2.75, 3.05) is 0 Å². The molecule has 1 aromatic heterocycles. The Morgan fingerprint density at radius 3 is 1.44 bits per heavy atom. The van der Waals surface area contributed by atoms with Crippen LogP contribution in [0.25, 0.3) is 39.6 Å². The average molecular weight is 598 g/mol. The molecule has 0 amide bonds. The maximum Gasteiger partial charge on any atom is 0.168 e. The zero-order valence-corrected chi connectivity index (χ0v) is 28.6. The molecule has 3 nitrogen and oxygen atoms in total. The van der Waals surface area contributed by atoms with Gasteiger partial charge in [0.15, 0.2) is 11.6 Å². The van der Waals surface area contributed by atoms with E-state index in [9.17, 15) is 0 Å². The first-order valence-corrected chi connectivity index (χ1v) is 16.9. The van der Waals surface area contributed by atoms with Crippen LogP contribution in [0.5, 0.6) is 0 Å². The van der Waals surface area contributed by atoms with Gasteiger partial charge in [0.05, 0.1) is 5.69 Å². The van der Waals surface area contributed by atoms with Crippen molar-refractivity contribution in [2.45, 2.75) is 81.1 Å². The predicted molar refractivity (Wildman–Crippen MR) is 192 cm³/mol. The highest BCUT2D eigenvalue weighted by Gasteiger charge is 2.24. The smallest absolute Gasteiger partial charge is 0.168 e. The zero-order chi connectivity index (χ0) is 32.1. The van der Waals surface area contributed by atoms with E-state index in [1.54, 1.807) is 0 Å². The molecule has 0 aliphatic carbocycles. The molecule has 0 saturated heterocycles. The molecule has 0 saturated carbocycles. The molecule has 0 bridgehead atoms. The molecular formula is C42H51N3. The molecular weight excluding hydrogens is 546 g/mol. The first-order chi connectivity index (χ1) is 21.6. The van der Waals surface area contributed by atoms with E-state index >= 15 is 0 Å². The third kappa shape index (κ3) is 8.00. The van der Waals surface area contributed by atoms with Gasteiger partial charge in [-0.15, -0.1) is 10.2 Å². The lowest BCUT2D eigenvalue weighted by Crippen LogP contribution is -2.11. The summed E-state index contributed by atoms with van der Waals surface area (Å²) in [6.45, 7) is 18.4. The van der Waals surface area contributed by atoms with Crippen LogP contribution >= 0.6 is 0 Å². The molecule has 1 heterocycles. The Labute approximate surface area is 271 Å². The molecule has 3 heteroatoms. The van der Waals surface area contributed by atoms with E-state index in [4.69, 9.17) is 10.2 Å². The van der Waals surface area contributed by atoms with Gasteiger partial charge in [-0.25, -0.2) is 0 Å². The van der Waals surface area contributed by atoms with Crippen LogP contribution in [0, 0.1) is 23.7 Å². The molecule has 0 N–H and O–H groups in total. The van der Waals surface area contributed by atoms with Crippen LogP contribution in [0.1, 0.15) is 77.6 Å². The minimum absolute atomic E-state index is 0.523. The fourth-order valence-electron chi connectivity index (χ4n) is 6.55. The van der Waals surface area contributed by atoms with Crippen LogP contribution in [0.15, 0.2) is 91.0 Å². The van der Waals surface area contributed by atoms with Crippen molar-refractivity contribution >= 4 is 0 Å². The maximum atomic E-state index is 5.04. The van der Waals surface area contributed by atoms with Crippen LogP contribution in [-0.2, 0) is 25.7 Å². The second-order valence-electron chi connectivity index (χ2n) is 14.5. The lowest BCUT2D eigenvalue weighted by Gasteiger charge is -2.22. The Hall–Kier alpha value is -3.98. The molecule has 0 unspecified atom stereocenters. The fraction of sp³-hybridized carbons (Fsp3) is 0.381. The fourth-order valence-corrected chi connectivity index (χ4v) is 6.55.